The van der Waals surface area contributed by atoms with Gasteiger partial charge in [-0.1, -0.05) is 0 Å². The highest BCUT2D eigenvalue weighted by atomic mass is 16.6. The molecule has 0 aliphatic carbocycles. The minimum Gasteiger partial charge on any atom is -0.454 e. The number of aromatic nitrogens is 2. The van der Waals surface area contributed by atoms with Crippen LogP contribution in [0, 0.1) is 0 Å². The maximum atomic E-state index is 11.4. The van der Waals surface area contributed by atoms with Crippen molar-refractivity contribution in [2.24, 2.45) is 0 Å². The van der Waals surface area contributed by atoms with Crippen LogP contribution in [-0.4, -0.2) is 35.3 Å². The number of anilines is 1. The molecule has 0 bridgehead atoms. The van der Waals surface area contributed by atoms with Gasteiger partial charge >= 0.3 is 5.97 Å². The van der Waals surface area contributed by atoms with Crippen molar-refractivity contribution < 1.29 is 14.3 Å². The Bertz CT molecular complexity index is 351. The molecular weight excluding hydrogens is 186 g/mol. The zero-order valence-corrected chi connectivity index (χ0v) is 7.34. The lowest BCUT2D eigenvalue weighted by Crippen LogP contribution is -2.38. The Morgan fingerprint density at radius 2 is 2.43 bits per heavy atom. The molecule has 1 aliphatic heterocycles. The van der Waals surface area contributed by atoms with E-state index in [1.165, 1.54) is 12.5 Å². The van der Waals surface area contributed by atoms with Gasteiger partial charge in [-0.05, 0) is 0 Å². The fraction of sp³-hybridized carbons (Fsp3) is 0.375. The van der Waals surface area contributed by atoms with E-state index >= 15 is 0 Å². The van der Waals surface area contributed by atoms with Crippen molar-refractivity contribution in [3.63, 3.8) is 0 Å². The summed E-state index contributed by atoms with van der Waals surface area (Å²) < 4.78 is 9.89. The minimum atomic E-state index is -0.503. The molecule has 0 atom stereocenters. The van der Waals surface area contributed by atoms with Crippen LogP contribution in [-0.2, 0) is 9.47 Å². The molecular formula is C8H9N3O3. The summed E-state index contributed by atoms with van der Waals surface area (Å²) in [6.45, 7) is 0.888. The Morgan fingerprint density at radius 3 is 3.00 bits per heavy atom. The molecule has 0 saturated carbocycles. The number of nitrogen functional groups attached to an aromatic ring is 1. The highest BCUT2D eigenvalue weighted by Crippen LogP contribution is 2.12. The highest BCUT2D eigenvalue weighted by Gasteiger charge is 2.24. The van der Waals surface area contributed by atoms with Gasteiger partial charge in [-0.25, -0.2) is 14.8 Å². The van der Waals surface area contributed by atoms with Crippen molar-refractivity contribution in [1.29, 1.82) is 0 Å². The second-order valence-electron chi connectivity index (χ2n) is 2.89. The molecule has 0 radical (unpaired) electrons. The Kier molecular flexibility index (Phi) is 2.28. The molecule has 6 nitrogen and oxygen atoms in total. The van der Waals surface area contributed by atoms with Gasteiger partial charge in [0.1, 0.15) is 23.8 Å². The van der Waals surface area contributed by atoms with Crippen molar-refractivity contribution >= 4 is 11.8 Å². The van der Waals surface area contributed by atoms with E-state index in [0.29, 0.717) is 13.2 Å². The van der Waals surface area contributed by atoms with Crippen molar-refractivity contribution in [2.75, 3.05) is 18.9 Å². The first-order valence-corrected chi connectivity index (χ1v) is 4.11. The van der Waals surface area contributed by atoms with E-state index in [0.717, 1.165) is 0 Å². The van der Waals surface area contributed by atoms with Crippen LogP contribution in [0.5, 0.6) is 0 Å². The summed E-state index contributed by atoms with van der Waals surface area (Å²) in [5.74, 6) is -0.373. The second-order valence-corrected chi connectivity index (χ2v) is 2.89. The van der Waals surface area contributed by atoms with Gasteiger partial charge in [-0.15, -0.1) is 0 Å². The van der Waals surface area contributed by atoms with Crippen LogP contribution in [0.1, 0.15) is 10.4 Å². The van der Waals surface area contributed by atoms with E-state index in [4.69, 9.17) is 15.2 Å². The molecule has 2 rings (SSSR count). The lowest BCUT2D eigenvalue weighted by molar-refractivity contribution is -0.103. The first-order chi connectivity index (χ1) is 6.77. The molecule has 0 amide bonds. The van der Waals surface area contributed by atoms with E-state index in [1.807, 2.05) is 0 Å². The smallest absolute Gasteiger partial charge is 0.343 e. The molecule has 1 aromatic rings. The van der Waals surface area contributed by atoms with Crippen LogP contribution in [0.3, 0.4) is 0 Å². The molecule has 2 N–H and O–H groups in total. The number of carbonyl (C=O) groups excluding carboxylic acids is 1. The number of carbonyl (C=O) groups is 1. The zero-order chi connectivity index (χ0) is 9.97. The van der Waals surface area contributed by atoms with Gasteiger partial charge in [0.25, 0.3) is 0 Å². The third kappa shape index (κ3) is 1.64. The molecule has 2 heterocycles. The first kappa shape index (κ1) is 8.89. The molecule has 6 heteroatoms. The van der Waals surface area contributed by atoms with Gasteiger partial charge in [0.05, 0.1) is 13.2 Å². The lowest BCUT2D eigenvalue weighted by Gasteiger charge is -2.25. The van der Waals surface area contributed by atoms with Gasteiger partial charge in [-0.2, -0.15) is 0 Å². The average Bonchev–Trinajstić information content (AvgIpc) is 2.12. The fourth-order valence-corrected chi connectivity index (χ4v) is 0.993. The Morgan fingerprint density at radius 1 is 1.64 bits per heavy atom. The minimum absolute atomic E-state index is 0.130. The molecule has 0 spiro atoms. The Hall–Kier alpha value is -1.69. The Balaban J connectivity index is 2.06. The predicted octanol–water partition coefficient (Wildman–Crippen LogP) is -0.386. The van der Waals surface area contributed by atoms with E-state index < -0.39 is 5.97 Å². The van der Waals surface area contributed by atoms with Crippen LogP contribution >= 0.6 is 0 Å². The monoisotopic (exact) mass is 195 g/mol. The summed E-state index contributed by atoms with van der Waals surface area (Å²) in [4.78, 5) is 18.8. The third-order valence-corrected chi connectivity index (χ3v) is 1.84. The van der Waals surface area contributed by atoms with E-state index in [1.54, 1.807) is 0 Å². The summed E-state index contributed by atoms with van der Waals surface area (Å²) in [5.41, 5.74) is 5.67. The number of ether oxygens (including phenoxy) is 2. The highest BCUT2D eigenvalue weighted by molar-refractivity contribution is 5.93. The second kappa shape index (κ2) is 3.59. The first-order valence-electron chi connectivity index (χ1n) is 4.11. The average molecular weight is 195 g/mol. The van der Waals surface area contributed by atoms with Gasteiger partial charge in [-0.3, -0.25) is 0 Å². The van der Waals surface area contributed by atoms with E-state index in [-0.39, 0.29) is 17.5 Å². The summed E-state index contributed by atoms with van der Waals surface area (Å²) in [5, 5.41) is 0. The lowest BCUT2D eigenvalue weighted by atomic mass is 10.3. The van der Waals surface area contributed by atoms with Crippen LogP contribution in [0.2, 0.25) is 0 Å². The largest absolute Gasteiger partial charge is 0.454 e. The number of nitrogens with zero attached hydrogens (tertiary/aromatic N) is 2. The number of rotatable bonds is 2. The SMILES string of the molecule is Nc1ncncc1C(=O)OC1COC1. The predicted molar refractivity (Wildman–Crippen MR) is 46.5 cm³/mol. The summed E-state index contributed by atoms with van der Waals surface area (Å²) in [7, 11) is 0. The number of hydrogen-bond acceptors (Lipinski definition) is 6. The zero-order valence-electron chi connectivity index (χ0n) is 7.34. The molecule has 1 aromatic heterocycles. The summed E-state index contributed by atoms with van der Waals surface area (Å²) >= 11 is 0. The molecule has 1 aliphatic rings. The molecule has 1 saturated heterocycles. The van der Waals surface area contributed by atoms with Crippen molar-refractivity contribution in [3.8, 4) is 0 Å². The molecule has 0 unspecified atom stereocenters. The molecule has 74 valence electrons. The molecule has 14 heavy (non-hydrogen) atoms. The summed E-state index contributed by atoms with van der Waals surface area (Å²) in [6.07, 6.45) is 2.45. The van der Waals surface area contributed by atoms with Crippen molar-refractivity contribution in [1.82, 2.24) is 9.97 Å². The van der Waals surface area contributed by atoms with Gasteiger partial charge < -0.3 is 15.2 Å². The van der Waals surface area contributed by atoms with Crippen LogP contribution in [0.25, 0.3) is 0 Å². The number of nitrogens with two attached hydrogens (primary N) is 1. The standard InChI is InChI=1S/C8H9N3O3/c9-7-6(1-10-4-11-7)8(12)14-5-2-13-3-5/h1,4-5H,2-3H2,(H2,9,10,11). The maximum Gasteiger partial charge on any atom is 0.343 e. The maximum absolute atomic E-state index is 11.4. The summed E-state index contributed by atoms with van der Waals surface area (Å²) in [6, 6.07) is 0. The normalized spacial score (nSPS) is 16.0. The quantitative estimate of drug-likeness (QED) is 0.647. The topological polar surface area (TPSA) is 87.3 Å². The van der Waals surface area contributed by atoms with Crippen LogP contribution in [0.15, 0.2) is 12.5 Å². The molecule has 0 aromatic carbocycles. The van der Waals surface area contributed by atoms with E-state index in [9.17, 15) is 4.79 Å². The van der Waals surface area contributed by atoms with Gasteiger partial charge in [0.15, 0.2) is 0 Å². The third-order valence-electron chi connectivity index (χ3n) is 1.84. The van der Waals surface area contributed by atoms with Crippen molar-refractivity contribution in [2.45, 2.75) is 6.10 Å². The van der Waals surface area contributed by atoms with E-state index in [2.05, 4.69) is 9.97 Å². The molecule has 1 fully saturated rings. The number of esters is 1. The van der Waals surface area contributed by atoms with Crippen molar-refractivity contribution in [3.05, 3.63) is 18.1 Å². The van der Waals surface area contributed by atoms with Gasteiger partial charge in [0.2, 0.25) is 0 Å². The fourth-order valence-electron chi connectivity index (χ4n) is 0.993. The van der Waals surface area contributed by atoms with Gasteiger partial charge in [0, 0.05) is 6.20 Å². The number of hydrogen-bond donors (Lipinski definition) is 1. The Labute approximate surface area is 80.1 Å². The van der Waals surface area contributed by atoms with Crippen LogP contribution in [0.4, 0.5) is 5.82 Å². The van der Waals surface area contributed by atoms with Crippen LogP contribution < -0.4 is 5.73 Å².